The van der Waals surface area contributed by atoms with Crippen LogP contribution in [0, 0.1) is 5.41 Å². The minimum absolute atomic E-state index is 0.00844. The SMILES string of the molecule is [B]C(C)(C)CCCC(C)(C)C(C)(C)I. The van der Waals surface area contributed by atoms with Crippen molar-refractivity contribution >= 4 is 30.4 Å². The summed E-state index contributed by atoms with van der Waals surface area (Å²) in [6, 6.07) is 0. The van der Waals surface area contributed by atoms with Gasteiger partial charge in [-0.3, -0.25) is 0 Å². The maximum Gasteiger partial charge on any atom is 0.0738 e. The number of hydrogen-bond acceptors (Lipinski definition) is 0. The highest BCUT2D eigenvalue weighted by molar-refractivity contribution is 14.1. The summed E-state index contributed by atoms with van der Waals surface area (Å²) in [6.45, 7) is 13.5. The summed E-state index contributed by atoms with van der Waals surface area (Å²) in [5.74, 6) is 0. The lowest BCUT2D eigenvalue weighted by Crippen LogP contribution is -2.32. The molecule has 0 saturated carbocycles. The van der Waals surface area contributed by atoms with Crippen LogP contribution in [0.5, 0.6) is 0 Å². The van der Waals surface area contributed by atoms with Crippen LogP contribution in [0.1, 0.15) is 60.8 Å². The van der Waals surface area contributed by atoms with Crippen molar-refractivity contribution in [1.82, 2.24) is 0 Å². The van der Waals surface area contributed by atoms with Crippen molar-refractivity contribution in [3.63, 3.8) is 0 Å². The summed E-state index contributed by atoms with van der Waals surface area (Å²) in [6.07, 6.45) is 3.59. The van der Waals surface area contributed by atoms with Gasteiger partial charge in [0.1, 0.15) is 0 Å². The monoisotopic (exact) mass is 306 g/mol. The molecule has 82 valence electrons. The van der Waals surface area contributed by atoms with Crippen molar-refractivity contribution in [2.75, 3.05) is 0 Å². The molecule has 0 aliphatic heterocycles. The molecule has 0 amide bonds. The molecular formula is C12H24BI. The summed E-state index contributed by atoms with van der Waals surface area (Å²) in [4.78, 5) is 0. The van der Waals surface area contributed by atoms with Crippen molar-refractivity contribution in [3.8, 4) is 0 Å². The van der Waals surface area contributed by atoms with Gasteiger partial charge in [-0.15, -0.1) is 0 Å². The zero-order valence-corrected chi connectivity index (χ0v) is 12.7. The van der Waals surface area contributed by atoms with Crippen molar-refractivity contribution in [1.29, 1.82) is 0 Å². The zero-order chi connectivity index (χ0) is 11.6. The third kappa shape index (κ3) is 5.62. The molecule has 0 atom stereocenters. The fourth-order valence-electron chi connectivity index (χ4n) is 1.28. The molecule has 0 unspecified atom stereocenters. The van der Waals surface area contributed by atoms with Gasteiger partial charge in [-0.2, -0.15) is 0 Å². The Balaban J connectivity index is 4.02. The van der Waals surface area contributed by atoms with E-state index in [2.05, 4.69) is 64.1 Å². The Morgan fingerprint density at radius 2 is 1.36 bits per heavy atom. The molecule has 14 heavy (non-hydrogen) atoms. The molecule has 0 nitrogen and oxygen atoms in total. The Kier molecular flexibility index (Phi) is 5.02. The largest absolute Gasteiger partial charge is 0.0789 e. The number of halogens is 1. The van der Waals surface area contributed by atoms with Crippen LogP contribution in [-0.2, 0) is 0 Å². The van der Waals surface area contributed by atoms with Crippen LogP contribution in [0.2, 0.25) is 5.31 Å². The van der Waals surface area contributed by atoms with Gasteiger partial charge in [0.15, 0.2) is 0 Å². The molecule has 0 saturated heterocycles. The molecule has 0 aromatic rings. The number of hydrogen-bond donors (Lipinski definition) is 0. The Morgan fingerprint density at radius 3 is 1.64 bits per heavy atom. The zero-order valence-electron chi connectivity index (χ0n) is 10.6. The van der Waals surface area contributed by atoms with E-state index >= 15 is 0 Å². The summed E-state index contributed by atoms with van der Waals surface area (Å²) in [5, 5.41) is -0.00844. The molecule has 0 heterocycles. The Hall–Kier alpha value is 0.795. The van der Waals surface area contributed by atoms with E-state index in [4.69, 9.17) is 7.85 Å². The Morgan fingerprint density at radius 1 is 0.929 bits per heavy atom. The normalized spacial score (nSPS) is 14.5. The molecule has 0 aliphatic rings. The number of rotatable bonds is 5. The highest BCUT2D eigenvalue weighted by atomic mass is 127. The third-order valence-electron chi connectivity index (χ3n) is 3.23. The molecule has 0 spiro atoms. The van der Waals surface area contributed by atoms with E-state index in [9.17, 15) is 0 Å². The Bertz CT molecular complexity index is 172. The average molecular weight is 306 g/mol. The predicted molar refractivity (Wildman–Crippen MR) is 75.5 cm³/mol. The molecular weight excluding hydrogens is 282 g/mol. The Labute approximate surface area is 105 Å². The molecule has 0 aromatic heterocycles. The van der Waals surface area contributed by atoms with Crippen molar-refractivity contribution in [2.45, 2.75) is 69.5 Å². The minimum atomic E-state index is -0.00844. The van der Waals surface area contributed by atoms with Gasteiger partial charge in [0.25, 0.3) is 0 Å². The van der Waals surface area contributed by atoms with Gasteiger partial charge < -0.3 is 0 Å². The minimum Gasteiger partial charge on any atom is -0.0789 e. The molecule has 0 aliphatic carbocycles. The van der Waals surface area contributed by atoms with Crippen molar-refractivity contribution < 1.29 is 0 Å². The molecule has 2 heteroatoms. The van der Waals surface area contributed by atoms with E-state index in [0.29, 0.717) is 8.84 Å². The standard InChI is InChI=1S/C12H24BI/c1-10(2,12(5,6)14)8-7-9-11(3,4)13/h7-9H2,1-6H3. The van der Waals surface area contributed by atoms with Crippen LogP contribution in [-0.4, -0.2) is 11.3 Å². The second-order valence-corrected chi connectivity index (χ2v) is 8.90. The summed E-state index contributed by atoms with van der Waals surface area (Å²) in [5.41, 5.74) is 0.388. The van der Waals surface area contributed by atoms with Gasteiger partial charge in [0.2, 0.25) is 0 Å². The van der Waals surface area contributed by atoms with Gasteiger partial charge in [0.05, 0.1) is 7.85 Å². The summed E-state index contributed by atoms with van der Waals surface area (Å²) >= 11 is 2.55. The van der Waals surface area contributed by atoms with Crippen LogP contribution in [0.25, 0.3) is 0 Å². The maximum absolute atomic E-state index is 5.97. The van der Waals surface area contributed by atoms with Crippen molar-refractivity contribution in [2.24, 2.45) is 5.41 Å². The summed E-state index contributed by atoms with van der Waals surface area (Å²) < 4.78 is 0.351. The molecule has 0 bridgehead atoms. The molecule has 2 radical (unpaired) electrons. The topological polar surface area (TPSA) is 0 Å². The van der Waals surface area contributed by atoms with Gasteiger partial charge in [-0.25, -0.2) is 0 Å². The maximum atomic E-state index is 5.97. The first-order valence-corrected chi connectivity index (χ1v) is 6.51. The first-order valence-electron chi connectivity index (χ1n) is 5.43. The van der Waals surface area contributed by atoms with E-state index in [0.717, 1.165) is 6.42 Å². The summed E-state index contributed by atoms with van der Waals surface area (Å²) in [7, 11) is 5.97. The highest BCUT2D eigenvalue weighted by Gasteiger charge is 2.33. The fourth-order valence-corrected chi connectivity index (χ4v) is 1.55. The molecule has 0 N–H and O–H groups in total. The third-order valence-corrected chi connectivity index (χ3v) is 4.69. The molecule has 0 fully saturated rings. The van der Waals surface area contributed by atoms with E-state index in [1.165, 1.54) is 12.8 Å². The van der Waals surface area contributed by atoms with E-state index in [-0.39, 0.29) is 5.31 Å². The van der Waals surface area contributed by atoms with Crippen LogP contribution in [0.4, 0.5) is 0 Å². The van der Waals surface area contributed by atoms with Crippen LogP contribution in [0.15, 0.2) is 0 Å². The highest BCUT2D eigenvalue weighted by Crippen LogP contribution is 2.43. The van der Waals surface area contributed by atoms with Gasteiger partial charge in [-0.05, 0) is 11.8 Å². The quantitative estimate of drug-likeness (QED) is 0.390. The molecule has 0 rings (SSSR count). The first-order chi connectivity index (χ1) is 5.96. The van der Waals surface area contributed by atoms with Gasteiger partial charge in [-0.1, -0.05) is 82.3 Å². The van der Waals surface area contributed by atoms with Crippen LogP contribution < -0.4 is 0 Å². The van der Waals surface area contributed by atoms with Crippen LogP contribution in [0.3, 0.4) is 0 Å². The second kappa shape index (κ2) is 4.75. The van der Waals surface area contributed by atoms with Gasteiger partial charge >= 0.3 is 0 Å². The van der Waals surface area contributed by atoms with E-state index in [1.807, 2.05) is 0 Å². The van der Waals surface area contributed by atoms with Crippen molar-refractivity contribution in [3.05, 3.63) is 0 Å². The van der Waals surface area contributed by atoms with Crippen LogP contribution >= 0.6 is 22.6 Å². The smallest absolute Gasteiger partial charge is 0.0738 e. The van der Waals surface area contributed by atoms with E-state index < -0.39 is 0 Å². The van der Waals surface area contributed by atoms with E-state index in [1.54, 1.807) is 0 Å². The first kappa shape index (κ1) is 14.8. The van der Waals surface area contributed by atoms with Gasteiger partial charge in [0, 0.05) is 3.42 Å². The lowest BCUT2D eigenvalue weighted by Gasteiger charge is -2.38. The lowest BCUT2D eigenvalue weighted by atomic mass is 9.67. The molecule has 0 aromatic carbocycles. The fraction of sp³-hybridized carbons (Fsp3) is 1.00. The average Bonchev–Trinajstić information content (AvgIpc) is 1.80. The predicted octanol–water partition coefficient (Wildman–Crippen LogP) is 4.76. The lowest BCUT2D eigenvalue weighted by molar-refractivity contribution is 0.260. The number of alkyl halides is 1. The second-order valence-electron chi connectivity index (χ2n) is 6.20.